The second-order valence-electron chi connectivity index (χ2n) is 3.78. The maximum atomic E-state index is 11.1. The molecule has 0 bridgehead atoms. The molecule has 0 aliphatic heterocycles. The van der Waals surface area contributed by atoms with Crippen molar-refractivity contribution in [2.24, 2.45) is 0 Å². The Bertz CT molecular complexity index is 379. The van der Waals surface area contributed by atoms with E-state index >= 15 is 0 Å². The van der Waals surface area contributed by atoms with Gasteiger partial charge in [-0.3, -0.25) is 0 Å². The van der Waals surface area contributed by atoms with E-state index < -0.39 is 5.63 Å². The molecule has 1 N–H and O–H groups in total. The molecule has 1 heterocycles. The average Bonchev–Trinajstić information content (AvgIpc) is 2.13. The second kappa shape index (κ2) is 3.86. The minimum absolute atomic E-state index is 0.260. The molecule has 14 heavy (non-hydrogen) atoms. The summed E-state index contributed by atoms with van der Waals surface area (Å²) < 4.78 is 5.06. The van der Waals surface area contributed by atoms with Crippen molar-refractivity contribution in [2.75, 3.05) is 0 Å². The zero-order valence-electron chi connectivity index (χ0n) is 8.08. The van der Waals surface area contributed by atoms with Gasteiger partial charge in [0.05, 0.1) is 0 Å². The van der Waals surface area contributed by atoms with Crippen molar-refractivity contribution < 1.29 is 9.52 Å². The number of fused-ring (bicyclic) bond motifs is 1. The quantitative estimate of drug-likeness (QED) is 0.687. The summed E-state index contributed by atoms with van der Waals surface area (Å²) >= 11 is 0. The molecule has 1 aromatic rings. The fourth-order valence-electron chi connectivity index (χ4n) is 1.91. The molecule has 3 heteroatoms. The van der Waals surface area contributed by atoms with E-state index in [1.54, 1.807) is 6.07 Å². The van der Waals surface area contributed by atoms with Crippen LogP contribution in [0.4, 0.5) is 0 Å². The molecule has 0 saturated heterocycles. The summed E-state index contributed by atoms with van der Waals surface area (Å²) in [5.74, 6) is 0.511. The Morgan fingerprint density at radius 2 is 1.86 bits per heavy atom. The predicted octanol–water partition coefficient (Wildman–Crippen LogP) is 2.00. The zero-order valence-corrected chi connectivity index (χ0v) is 8.08. The number of aromatic hydroxyl groups is 1. The first kappa shape index (κ1) is 9.31. The molecule has 0 amide bonds. The van der Waals surface area contributed by atoms with Gasteiger partial charge in [-0.2, -0.15) is 0 Å². The summed E-state index contributed by atoms with van der Waals surface area (Å²) in [4.78, 5) is 11.1. The Kier molecular flexibility index (Phi) is 2.57. The molecule has 1 aromatic heterocycles. The molecule has 0 saturated carbocycles. The fourth-order valence-corrected chi connectivity index (χ4v) is 1.91. The van der Waals surface area contributed by atoms with Crippen LogP contribution in [0.1, 0.15) is 37.0 Å². The Morgan fingerprint density at radius 1 is 1.14 bits per heavy atom. The molecule has 3 nitrogen and oxygen atoms in total. The Morgan fingerprint density at radius 3 is 2.64 bits per heavy atom. The second-order valence-corrected chi connectivity index (χ2v) is 3.78. The average molecular weight is 194 g/mol. The van der Waals surface area contributed by atoms with Gasteiger partial charge in [-0.15, -0.1) is 0 Å². The summed E-state index contributed by atoms with van der Waals surface area (Å²) in [7, 11) is 0. The van der Waals surface area contributed by atoms with Gasteiger partial charge < -0.3 is 9.52 Å². The zero-order chi connectivity index (χ0) is 9.97. The number of hydrogen-bond donors (Lipinski definition) is 1. The topological polar surface area (TPSA) is 50.4 Å². The van der Waals surface area contributed by atoms with Crippen LogP contribution >= 0.6 is 0 Å². The van der Waals surface area contributed by atoms with Gasteiger partial charge in [0, 0.05) is 6.42 Å². The summed E-state index contributed by atoms with van der Waals surface area (Å²) in [6, 6.07) is 1.56. The van der Waals surface area contributed by atoms with E-state index in [4.69, 9.17) is 4.42 Å². The minimum atomic E-state index is -0.607. The summed E-state index contributed by atoms with van der Waals surface area (Å²) in [6.07, 6.45) is 6.34. The Hall–Kier alpha value is -1.25. The molecule has 1 aliphatic carbocycles. The van der Waals surface area contributed by atoms with Gasteiger partial charge in [0.15, 0.2) is 0 Å². The SMILES string of the molecule is O=c1oc2c(cc1O)CCCCCC2. The third-order valence-corrected chi connectivity index (χ3v) is 2.69. The van der Waals surface area contributed by atoms with Gasteiger partial charge in [0.1, 0.15) is 5.76 Å². The molecule has 0 spiro atoms. The molecular weight excluding hydrogens is 180 g/mol. The lowest BCUT2D eigenvalue weighted by Gasteiger charge is -2.11. The third kappa shape index (κ3) is 1.81. The summed E-state index contributed by atoms with van der Waals surface area (Å²) in [6.45, 7) is 0. The molecule has 76 valence electrons. The van der Waals surface area contributed by atoms with Gasteiger partial charge in [0.2, 0.25) is 5.75 Å². The number of aryl methyl sites for hydroxylation is 2. The van der Waals surface area contributed by atoms with Crippen LogP contribution in [0.3, 0.4) is 0 Å². The standard InChI is InChI=1S/C11H14O3/c12-9-7-8-5-3-1-2-4-6-10(8)14-11(9)13/h7,12H,1-6H2. The van der Waals surface area contributed by atoms with Crippen LogP contribution in [0.15, 0.2) is 15.3 Å². The van der Waals surface area contributed by atoms with E-state index in [1.807, 2.05) is 0 Å². The monoisotopic (exact) mass is 194 g/mol. The molecule has 0 fully saturated rings. The predicted molar refractivity (Wildman–Crippen MR) is 52.5 cm³/mol. The van der Waals surface area contributed by atoms with Gasteiger partial charge in [-0.05, 0) is 30.9 Å². The Labute approximate surface area is 82.4 Å². The van der Waals surface area contributed by atoms with E-state index in [9.17, 15) is 9.90 Å². The smallest absolute Gasteiger partial charge is 0.378 e. The van der Waals surface area contributed by atoms with Crippen LogP contribution in [0.25, 0.3) is 0 Å². The van der Waals surface area contributed by atoms with Crippen molar-refractivity contribution in [3.63, 3.8) is 0 Å². The van der Waals surface area contributed by atoms with Crippen LogP contribution in [0.2, 0.25) is 0 Å². The van der Waals surface area contributed by atoms with Crippen molar-refractivity contribution in [1.29, 1.82) is 0 Å². The van der Waals surface area contributed by atoms with Gasteiger partial charge in [-0.25, -0.2) is 4.79 Å². The van der Waals surface area contributed by atoms with E-state index in [0.717, 1.165) is 37.0 Å². The highest BCUT2D eigenvalue weighted by atomic mass is 16.4. The maximum absolute atomic E-state index is 11.1. The van der Waals surface area contributed by atoms with Crippen molar-refractivity contribution in [3.05, 3.63) is 27.8 Å². The Balaban J connectivity index is 2.40. The van der Waals surface area contributed by atoms with Crippen LogP contribution < -0.4 is 5.63 Å². The lowest BCUT2D eigenvalue weighted by atomic mass is 9.98. The van der Waals surface area contributed by atoms with Crippen molar-refractivity contribution >= 4 is 0 Å². The summed E-state index contributed by atoms with van der Waals surface area (Å²) in [5, 5.41) is 9.23. The van der Waals surface area contributed by atoms with Crippen molar-refractivity contribution in [2.45, 2.75) is 38.5 Å². The highest BCUT2D eigenvalue weighted by Crippen LogP contribution is 2.20. The molecular formula is C11H14O3. The highest BCUT2D eigenvalue weighted by Gasteiger charge is 2.12. The van der Waals surface area contributed by atoms with Gasteiger partial charge in [0.25, 0.3) is 0 Å². The van der Waals surface area contributed by atoms with Gasteiger partial charge in [-0.1, -0.05) is 12.8 Å². The molecule has 1 aliphatic rings. The molecule has 0 atom stereocenters. The van der Waals surface area contributed by atoms with Crippen LogP contribution in [0.5, 0.6) is 5.75 Å². The largest absolute Gasteiger partial charge is 0.502 e. The summed E-state index contributed by atoms with van der Waals surface area (Å²) in [5.41, 5.74) is 0.395. The fraction of sp³-hybridized carbons (Fsp3) is 0.545. The molecule has 0 radical (unpaired) electrons. The number of hydrogen-bond acceptors (Lipinski definition) is 3. The van der Waals surface area contributed by atoms with E-state index in [1.165, 1.54) is 12.8 Å². The van der Waals surface area contributed by atoms with Crippen LogP contribution in [-0.2, 0) is 12.8 Å². The first-order valence-corrected chi connectivity index (χ1v) is 5.12. The van der Waals surface area contributed by atoms with Gasteiger partial charge >= 0.3 is 5.63 Å². The molecule has 0 aromatic carbocycles. The van der Waals surface area contributed by atoms with E-state index in [-0.39, 0.29) is 5.75 Å². The van der Waals surface area contributed by atoms with Crippen LogP contribution in [0, 0.1) is 0 Å². The minimum Gasteiger partial charge on any atom is -0.502 e. The lowest BCUT2D eigenvalue weighted by Crippen LogP contribution is -2.06. The molecule has 2 rings (SSSR count). The highest BCUT2D eigenvalue weighted by molar-refractivity contribution is 5.26. The van der Waals surface area contributed by atoms with Crippen molar-refractivity contribution in [3.8, 4) is 5.75 Å². The van der Waals surface area contributed by atoms with Crippen molar-refractivity contribution in [1.82, 2.24) is 0 Å². The van der Waals surface area contributed by atoms with E-state index in [0.29, 0.717) is 0 Å². The normalized spacial score (nSPS) is 16.9. The molecule has 0 unspecified atom stereocenters. The number of rotatable bonds is 0. The first-order chi connectivity index (χ1) is 6.77. The van der Waals surface area contributed by atoms with E-state index in [2.05, 4.69) is 0 Å². The van der Waals surface area contributed by atoms with Crippen LogP contribution in [-0.4, -0.2) is 5.11 Å². The lowest BCUT2D eigenvalue weighted by molar-refractivity contribution is 0.379. The maximum Gasteiger partial charge on any atom is 0.378 e. The first-order valence-electron chi connectivity index (χ1n) is 5.12. The third-order valence-electron chi connectivity index (χ3n) is 2.69.